The van der Waals surface area contributed by atoms with E-state index in [4.69, 9.17) is 11.6 Å². The zero-order valence-electron chi connectivity index (χ0n) is 8.97. The highest BCUT2D eigenvalue weighted by Crippen LogP contribution is 2.23. The van der Waals surface area contributed by atoms with E-state index in [-0.39, 0.29) is 0 Å². The van der Waals surface area contributed by atoms with Crippen LogP contribution in [0.3, 0.4) is 0 Å². The van der Waals surface area contributed by atoms with Crippen LogP contribution in [0.25, 0.3) is 10.9 Å². The van der Waals surface area contributed by atoms with Crippen molar-refractivity contribution in [3.05, 3.63) is 35.0 Å². The van der Waals surface area contributed by atoms with Crippen LogP contribution in [0.5, 0.6) is 0 Å². The van der Waals surface area contributed by atoms with Gasteiger partial charge in [-0.25, -0.2) is 0 Å². The van der Waals surface area contributed by atoms with E-state index in [1.807, 2.05) is 18.2 Å². The van der Waals surface area contributed by atoms with E-state index in [0.717, 1.165) is 22.5 Å². The second-order valence-corrected chi connectivity index (χ2v) is 4.44. The van der Waals surface area contributed by atoms with Crippen LogP contribution in [-0.2, 0) is 6.54 Å². The number of H-pyrrole nitrogens is 1. The Kier molecular flexibility index (Phi) is 2.98. The van der Waals surface area contributed by atoms with Crippen molar-refractivity contribution < 1.29 is 0 Å². The van der Waals surface area contributed by atoms with Crippen LogP contribution in [0.15, 0.2) is 24.3 Å². The number of hydrogen-bond acceptors (Lipinski definition) is 1. The average molecular weight is 223 g/mol. The molecule has 2 nitrogen and oxygen atoms in total. The van der Waals surface area contributed by atoms with Crippen LogP contribution in [0.2, 0.25) is 5.02 Å². The molecule has 0 radical (unpaired) electrons. The summed E-state index contributed by atoms with van der Waals surface area (Å²) < 4.78 is 0. The van der Waals surface area contributed by atoms with Gasteiger partial charge in [-0.3, -0.25) is 0 Å². The Balaban J connectivity index is 2.27. The number of nitrogens with one attached hydrogen (secondary N) is 2. The molecule has 15 heavy (non-hydrogen) atoms. The lowest BCUT2D eigenvalue weighted by Gasteiger charge is -2.05. The monoisotopic (exact) mass is 222 g/mol. The molecule has 0 amide bonds. The lowest BCUT2D eigenvalue weighted by Crippen LogP contribution is -2.21. The molecule has 2 rings (SSSR count). The molecule has 0 bridgehead atoms. The third-order valence-electron chi connectivity index (χ3n) is 2.37. The molecular formula is C12H15ClN2. The predicted molar refractivity (Wildman–Crippen MR) is 65.3 cm³/mol. The van der Waals surface area contributed by atoms with Gasteiger partial charge in [-0.05, 0) is 18.2 Å². The largest absolute Gasteiger partial charge is 0.357 e. The van der Waals surface area contributed by atoms with Crippen molar-refractivity contribution in [2.45, 2.75) is 26.4 Å². The van der Waals surface area contributed by atoms with Crippen molar-refractivity contribution in [2.75, 3.05) is 0 Å². The topological polar surface area (TPSA) is 27.8 Å². The van der Waals surface area contributed by atoms with Gasteiger partial charge in [0.15, 0.2) is 0 Å². The minimum atomic E-state index is 0.492. The maximum Gasteiger partial charge on any atom is 0.0499 e. The molecular weight excluding hydrogens is 208 g/mol. The SMILES string of the molecule is CC(C)NCc1cc2c(Cl)cccc2[nH]1. The fourth-order valence-corrected chi connectivity index (χ4v) is 1.81. The molecule has 2 aromatic rings. The van der Waals surface area contributed by atoms with E-state index in [1.165, 1.54) is 5.69 Å². The Hall–Kier alpha value is -0.990. The van der Waals surface area contributed by atoms with E-state index < -0.39 is 0 Å². The first-order chi connectivity index (χ1) is 7.16. The normalized spacial score (nSPS) is 11.5. The molecule has 1 aromatic carbocycles. The van der Waals surface area contributed by atoms with Crippen LogP contribution in [-0.4, -0.2) is 11.0 Å². The van der Waals surface area contributed by atoms with Crippen molar-refractivity contribution in [2.24, 2.45) is 0 Å². The minimum Gasteiger partial charge on any atom is -0.357 e. The van der Waals surface area contributed by atoms with Crippen molar-refractivity contribution in [3.8, 4) is 0 Å². The lowest BCUT2D eigenvalue weighted by molar-refractivity contribution is 0.583. The summed E-state index contributed by atoms with van der Waals surface area (Å²) in [5, 5.41) is 5.27. The average Bonchev–Trinajstić information content (AvgIpc) is 2.59. The van der Waals surface area contributed by atoms with Gasteiger partial charge in [0, 0.05) is 34.2 Å². The summed E-state index contributed by atoms with van der Waals surface area (Å²) in [5.74, 6) is 0. The highest BCUT2D eigenvalue weighted by molar-refractivity contribution is 6.35. The summed E-state index contributed by atoms with van der Waals surface area (Å²) in [4.78, 5) is 3.34. The number of hydrogen-bond donors (Lipinski definition) is 2. The zero-order valence-corrected chi connectivity index (χ0v) is 9.73. The predicted octanol–water partition coefficient (Wildman–Crippen LogP) is 3.32. The Morgan fingerprint density at radius 1 is 1.40 bits per heavy atom. The van der Waals surface area contributed by atoms with E-state index >= 15 is 0 Å². The standard InChI is InChI=1S/C12H15ClN2/c1-8(2)14-7-9-6-10-11(13)4-3-5-12(10)15-9/h3-6,8,14-15H,7H2,1-2H3. The fraction of sp³-hybridized carbons (Fsp3) is 0.333. The maximum atomic E-state index is 6.09. The number of halogens is 1. The van der Waals surface area contributed by atoms with Crippen molar-refractivity contribution >= 4 is 22.5 Å². The molecule has 0 aliphatic heterocycles. The van der Waals surface area contributed by atoms with Crippen LogP contribution in [0.4, 0.5) is 0 Å². The first kappa shape index (κ1) is 10.5. The van der Waals surface area contributed by atoms with Crippen LogP contribution in [0, 0.1) is 0 Å². The quantitative estimate of drug-likeness (QED) is 0.819. The molecule has 0 saturated carbocycles. The summed E-state index contributed by atoms with van der Waals surface area (Å²) in [6, 6.07) is 8.51. The summed E-state index contributed by atoms with van der Waals surface area (Å²) in [5.41, 5.74) is 2.27. The maximum absolute atomic E-state index is 6.09. The number of fused-ring (bicyclic) bond motifs is 1. The van der Waals surface area contributed by atoms with Crippen LogP contribution >= 0.6 is 11.6 Å². The third-order valence-corrected chi connectivity index (χ3v) is 2.70. The van der Waals surface area contributed by atoms with Gasteiger partial charge in [0.1, 0.15) is 0 Å². The number of aromatic nitrogens is 1. The summed E-state index contributed by atoms with van der Waals surface area (Å²) in [6.07, 6.45) is 0. The summed E-state index contributed by atoms with van der Waals surface area (Å²) in [7, 11) is 0. The van der Waals surface area contributed by atoms with E-state index in [0.29, 0.717) is 6.04 Å². The molecule has 0 saturated heterocycles. The smallest absolute Gasteiger partial charge is 0.0499 e. The van der Waals surface area contributed by atoms with Gasteiger partial charge in [-0.15, -0.1) is 0 Å². The van der Waals surface area contributed by atoms with Crippen molar-refractivity contribution in [1.82, 2.24) is 10.3 Å². The fourth-order valence-electron chi connectivity index (χ4n) is 1.59. The molecule has 0 aliphatic rings. The van der Waals surface area contributed by atoms with E-state index in [2.05, 4.69) is 30.2 Å². The second kappa shape index (κ2) is 4.25. The molecule has 80 valence electrons. The number of benzene rings is 1. The Labute approximate surface area is 94.6 Å². The van der Waals surface area contributed by atoms with Crippen LogP contribution in [0.1, 0.15) is 19.5 Å². The zero-order chi connectivity index (χ0) is 10.8. The molecule has 0 atom stereocenters. The minimum absolute atomic E-state index is 0.492. The molecule has 0 fully saturated rings. The van der Waals surface area contributed by atoms with Gasteiger partial charge < -0.3 is 10.3 Å². The van der Waals surface area contributed by atoms with Gasteiger partial charge in [0.25, 0.3) is 0 Å². The Bertz CT molecular complexity index is 460. The van der Waals surface area contributed by atoms with Gasteiger partial charge >= 0.3 is 0 Å². The lowest BCUT2D eigenvalue weighted by atomic mass is 10.2. The molecule has 3 heteroatoms. The third kappa shape index (κ3) is 2.33. The molecule has 0 spiro atoms. The Morgan fingerprint density at radius 2 is 2.20 bits per heavy atom. The first-order valence-electron chi connectivity index (χ1n) is 5.16. The van der Waals surface area contributed by atoms with E-state index in [9.17, 15) is 0 Å². The second-order valence-electron chi connectivity index (χ2n) is 4.03. The Morgan fingerprint density at radius 3 is 2.87 bits per heavy atom. The molecule has 1 aromatic heterocycles. The number of rotatable bonds is 3. The van der Waals surface area contributed by atoms with E-state index in [1.54, 1.807) is 0 Å². The van der Waals surface area contributed by atoms with Crippen LogP contribution < -0.4 is 5.32 Å². The van der Waals surface area contributed by atoms with Crippen molar-refractivity contribution in [1.29, 1.82) is 0 Å². The van der Waals surface area contributed by atoms with Crippen molar-refractivity contribution in [3.63, 3.8) is 0 Å². The van der Waals surface area contributed by atoms with Gasteiger partial charge in [-0.1, -0.05) is 31.5 Å². The summed E-state index contributed by atoms with van der Waals surface area (Å²) >= 11 is 6.09. The molecule has 0 unspecified atom stereocenters. The van der Waals surface area contributed by atoms with Gasteiger partial charge in [-0.2, -0.15) is 0 Å². The molecule has 1 heterocycles. The van der Waals surface area contributed by atoms with Gasteiger partial charge in [0.2, 0.25) is 0 Å². The highest BCUT2D eigenvalue weighted by Gasteiger charge is 2.03. The summed E-state index contributed by atoms with van der Waals surface area (Å²) in [6.45, 7) is 5.12. The van der Waals surface area contributed by atoms with Gasteiger partial charge in [0.05, 0.1) is 0 Å². The first-order valence-corrected chi connectivity index (χ1v) is 5.54. The number of aromatic amines is 1. The molecule has 0 aliphatic carbocycles. The highest BCUT2D eigenvalue weighted by atomic mass is 35.5. The molecule has 2 N–H and O–H groups in total.